The minimum absolute atomic E-state index is 0.445. The number of benzene rings is 7. The zero-order valence-electron chi connectivity index (χ0n) is 28.0. The lowest BCUT2D eigenvalue weighted by atomic mass is 10.0. The van der Waals surface area contributed by atoms with Crippen molar-refractivity contribution in [3.8, 4) is 11.1 Å². The number of hydrogen-bond donors (Lipinski definition) is 0. The summed E-state index contributed by atoms with van der Waals surface area (Å²) < 4.78 is 10.8. The summed E-state index contributed by atoms with van der Waals surface area (Å²) in [6.07, 6.45) is 0. The molecule has 0 bridgehead atoms. The Morgan fingerprint density at radius 1 is 0.577 bits per heavy atom. The molecule has 10 rings (SSSR count). The highest BCUT2D eigenvalue weighted by atomic mass is 32.1. The van der Waals surface area contributed by atoms with E-state index >= 15 is 0 Å². The monoisotopic (exact) mass is 686 g/mol. The maximum Gasteiger partial charge on any atom is 0.232 e. The lowest BCUT2D eigenvalue weighted by Crippen LogP contribution is -2.13. The molecule has 246 valence electrons. The molecule has 10 aromatic rings. The second kappa shape index (κ2) is 12.3. The van der Waals surface area contributed by atoms with Crippen molar-refractivity contribution in [3.05, 3.63) is 169 Å². The van der Waals surface area contributed by atoms with Crippen LogP contribution in [0.15, 0.2) is 177 Å². The van der Waals surface area contributed by atoms with E-state index in [0.29, 0.717) is 18.3 Å². The van der Waals surface area contributed by atoms with Gasteiger partial charge in [0.2, 0.25) is 5.96 Å². The van der Waals surface area contributed by atoms with Gasteiger partial charge in [-0.15, -0.1) is 11.3 Å². The van der Waals surface area contributed by atoms with Crippen LogP contribution in [0.5, 0.6) is 0 Å². The van der Waals surface area contributed by atoms with Crippen LogP contribution in [0.25, 0.3) is 75.0 Å². The first kappa shape index (κ1) is 30.2. The van der Waals surface area contributed by atoms with Crippen LogP contribution in [0.4, 0.5) is 0 Å². The molecule has 0 aliphatic carbocycles. The van der Waals surface area contributed by atoms with Gasteiger partial charge in [0.15, 0.2) is 5.84 Å². The first-order chi connectivity index (χ1) is 25.7. The summed E-state index contributed by atoms with van der Waals surface area (Å²) in [5.41, 5.74) is 8.02. The summed E-state index contributed by atoms with van der Waals surface area (Å²) >= 11 is 1.81. The summed E-state index contributed by atoms with van der Waals surface area (Å²) in [5, 5.41) is 6.97. The van der Waals surface area contributed by atoms with E-state index in [1.54, 1.807) is 0 Å². The highest BCUT2D eigenvalue weighted by Gasteiger charge is 2.18. The van der Waals surface area contributed by atoms with Crippen molar-refractivity contribution in [1.82, 2.24) is 4.57 Å². The van der Waals surface area contributed by atoms with E-state index in [-0.39, 0.29) is 0 Å². The molecule has 3 heterocycles. The SMILES string of the molecule is C=NC(=NC(=NCc1cccc2c1sc1ccccc12)n1c2ccccc2c2ccc(-c3ccc4oc5ccccc5c4c3)cc21)c1ccccc1. The Morgan fingerprint density at radius 3 is 2.15 bits per heavy atom. The maximum absolute atomic E-state index is 6.15. The predicted molar refractivity (Wildman–Crippen MR) is 221 cm³/mol. The van der Waals surface area contributed by atoms with Crippen molar-refractivity contribution in [2.24, 2.45) is 15.0 Å². The van der Waals surface area contributed by atoms with E-state index in [1.165, 1.54) is 20.2 Å². The molecule has 7 aromatic carbocycles. The van der Waals surface area contributed by atoms with E-state index < -0.39 is 0 Å². The molecule has 6 heteroatoms. The number of aliphatic imine (C=N–C) groups is 3. The summed E-state index contributed by atoms with van der Waals surface area (Å²) in [6, 6.07) is 54.8. The topological polar surface area (TPSA) is 55.1 Å². The van der Waals surface area contributed by atoms with Crippen LogP contribution in [-0.2, 0) is 6.54 Å². The molecule has 0 atom stereocenters. The number of hydrogen-bond acceptors (Lipinski definition) is 3. The fourth-order valence-corrected chi connectivity index (χ4v) is 8.59. The van der Waals surface area contributed by atoms with Crippen molar-refractivity contribution in [3.63, 3.8) is 0 Å². The zero-order valence-corrected chi connectivity index (χ0v) is 28.8. The molecule has 0 saturated carbocycles. The van der Waals surface area contributed by atoms with Crippen LogP contribution in [-0.4, -0.2) is 23.1 Å². The van der Waals surface area contributed by atoms with E-state index in [2.05, 4.69) is 132 Å². The van der Waals surface area contributed by atoms with Gasteiger partial charge >= 0.3 is 0 Å². The van der Waals surface area contributed by atoms with Crippen LogP contribution < -0.4 is 0 Å². The Hall–Kier alpha value is -6.63. The molecule has 3 aromatic heterocycles. The number of para-hydroxylation sites is 2. The fraction of sp³-hybridized carbons (Fsp3) is 0.0217. The largest absolute Gasteiger partial charge is 0.456 e. The van der Waals surface area contributed by atoms with Gasteiger partial charge in [0, 0.05) is 47.3 Å². The van der Waals surface area contributed by atoms with Gasteiger partial charge in [-0.3, -0.25) is 4.57 Å². The van der Waals surface area contributed by atoms with E-state index in [9.17, 15) is 0 Å². The quantitative estimate of drug-likeness (QED) is 0.134. The van der Waals surface area contributed by atoms with Gasteiger partial charge in [-0.1, -0.05) is 121 Å². The predicted octanol–water partition coefficient (Wildman–Crippen LogP) is 12.3. The van der Waals surface area contributed by atoms with Gasteiger partial charge < -0.3 is 4.42 Å². The van der Waals surface area contributed by atoms with E-state index in [4.69, 9.17) is 14.4 Å². The third-order valence-corrected chi connectivity index (χ3v) is 11.1. The molecule has 0 saturated heterocycles. The van der Waals surface area contributed by atoms with Crippen molar-refractivity contribution >= 4 is 93.8 Å². The molecular weight excluding hydrogens is 657 g/mol. The molecule has 0 radical (unpaired) electrons. The minimum atomic E-state index is 0.445. The first-order valence-corrected chi connectivity index (χ1v) is 18.0. The smallest absolute Gasteiger partial charge is 0.232 e. The van der Waals surface area contributed by atoms with Crippen LogP contribution in [0.1, 0.15) is 11.1 Å². The third-order valence-electron chi connectivity index (χ3n) is 9.85. The van der Waals surface area contributed by atoms with E-state index in [0.717, 1.165) is 66.0 Å². The third kappa shape index (κ3) is 4.95. The zero-order chi connectivity index (χ0) is 34.6. The molecule has 0 fully saturated rings. The molecule has 0 aliphatic heterocycles. The van der Waals surface area contributed by atoms with Gasteiger partial charge in [0.1, 0.15) is 11.2 Å². The van der Waals surface area contributed by atoms with Crippen LogP contribution in [0, 0.1) is 0 Å². The number of rotatable bonds is 4. The van der Waals surface area contributed by atoms with Gasteiger partial charge in [-0.05, 0) is 59.8 Å². The molecule has 5 nitrogen and oxygen atoms in total. The fourth-order valence-electron chi connectivity index (χ4n) is 7.39. The highest BCUT2D eigenvalue weighted by molar-refractivity contribution is 7.26. The number of nitrogens with zero attached hydrogens (tertiary/aromatic N) is 4. The van der Waals surface area contributed by atoms with Crippen molar-refractivity contribution in [2.45, 2.75) is 6.54 Å². The molecular formula is C46H30N4OS. The molecule has 0 spiro atoms. The summed E-state index contributed by atoms with van der Waals surface area (Å²) in [6.45, 7) is 4.37. The Balaban J connectivity index is 1.20. The second-order valence-electron chi connectivity index (χ2n) is 12.9. The van der Waals surface area contributed by atoms with E-state index in [1.807, 2.05) is 53.8 Å². The Bertz CT molecular complexity index is 3070. The molecule has 52 heavy (non-hydrogen) atoms. The average molecular weight is 687 g/mol. The first-order valence-electron chi connectivity index (χ1n) is 17.2. The van der Waals surface area contributed by atoms with Gasteiger partial charge in [0.25, 0.3) is 0 Å². The standard InChI is InChI=1S/C46H30N4OS/c1-47-45(29-12-3-2-4-13-29)49-46(48-28-32-14-11-18-37-36-17-7-10-21-43(36)52-44(32)37)50-39-19-8-5-15-33(39)34-24-22-31(27-40(34)50)30-23-25-42-38(26-30)35-16-6-9-20-41(35)51-42/h2-27H,1,28H2. The lowest BCUT2D eigenvalue weighted by molar-refractivity contribution is 0.669. The normalized spacial score (nSPS) is 12.6. The van der Waals surface area contributed by atoms with Gasteiger partial charge in [0.05, 0.1) is 17.6 Å². The van der Waals surface area contributed by atoms with Crippen molar-refractivity contribution in [1.29, 1.82) is 0 Å². The van der Waals surface area contributed by atoms with Crippen molar-refractivity contribution < 1.29 is 4.42 Å². The summed E-state index contributed by atoms with van der Waals surface area (Å²) in [7, 11) is 0. The summed E-state index contributed by atoms with van der Waals surface area (Å²) in [5.74, 6) is 1.06. The maximum atomic E-state index is 6.15. The summed E-state index contributed by atoms with van der Waals surface area (Å²) in [4.78, 5) is 15.0. The van der Waals surface area contributed by atoms with Gasteiger partial charge in [-0.2, -0.15) is 4.99 Å². The molecule has 0 aliphatic rings. The average Bonchev–Trinajstić information content (AvgIpc) is 3.88. The van der Waals surface area contributed by atoms with Crippen molar-refractivity contribution in [2.75, 3.05) is 0 Å². The van der Waals surface area contributed by atoms with Crippen LogP contribution in [0.3, 0.4) is 0 Å². The Kier molecular flexibility index (Phi) is 7.15. The lowest BCUT2D eigenvalue weighted by Gasteiger charge is -2.11. The number of aromatic nitrogens is 1. The second-order valence-corrected chi connectivity index (χ2v) is 13.9. The van der Waals surface area contributed by atoms with Crippen LogP contribution in [0.2, 0.25) is 0 Å². The molecule has 0 N–H and O–H groups in total. The number of furan rings is 1. The highest BCUT2D eigenvalue weighted by Crippen LogP contribution is 2.38. The molecule has 0 amide bonds. The molecule has 0 unspecified atom stereocenters. The number of thiophene rings is 1. The number of amidine groups is 1. The van der Waals surface area contributed by atoms with Gasteiger partial charge in [-0.25, -0.2) is 9.98 Å². The minimum Gasteiger partial charge on any atom is -0.456 e. The Morgan fingerprint density at radius 2 is 1.27 bits per heavy atom. The van der Waals surface area contributed by atoms with Crippen LogP contribution >= 0.6 is 11.3 Å². The Labute approximate surface area is 303 Å². The number of fused-ring (bicyclic) bond motifs is 9.